The highest BCUT2D eigenvalue weighted by atomic mass is 35.5. The van der Waals surface area contributed by atoms with E-state index in [4.69, 9.17) is 11.6 Å². The molecule has 1 aromatic carbocycles. The van der Waals surface area contributed by atoms with Gasteiger partial charge in [0.15, 0.2) is 5.13 Å². The average molecular weight is 360 g/mol. The molecule has 0 bridgehead atoms. The summed E-state index contributed by atoms with van der Waals surface area (Å²) in [4.78, 5) is 30.8. The van der Waals surface area contributed by atoms with Crippen LogP contribution in [0.25, 0.3) is 0 Å². The third-order valence-corrected chi connectivity index (χ3v) is 4.91. The third-order valence-electron chi connectivity index (χ3n) is 3.46. The number of thiazole rings is 1. The van der Waals surface area contributed by atoms with Gasteiger partial charge in [0.2, 0.25) is 5.56 Å². The van der Waals surface area contributed by atoms with Gasteiger partial charge < -0.3 is 4.98 Å². The summed E-state index contributed by atoms with van der Waals surface area (Å²) in [6.07, 6.45) is 3.76. The van der Waals surface area contributed by atoms with Gasteiger partial charge in [-0.2, -0.15) is 0 Å². The van der Waals surface area contributed by atoms with Crippen LogP contribution < -0.4 is 10.9 Å². The summed E-state index contributed by atoms with van der Waals surface area (Å²) in [7, 11) is 0. The van der Waals surface area contributed by atoms with E-state index in [1.165, 1.54) is 29.7 Å². The van der Waals surface area contributed by atoms with Crippen LogP contribution in [-0.2, 0) is 6.42 Å². The van der Waals surface area contributed by atoms with Gasteiger partial charge in [-0.3, -0.25) is 14.9 Å². The van der Waals surface area contributed by atoms with Crippen molar-refractivity contribution in [1.82, 2.24) is 9.97 Å². The first-order valence-corrected chi connectivity index (χ1v) is 8.41. The number of amides is 1. The molecule has 3 rings (SSSR count). The Morgan fingerprint density at radius 3 is 2.92 bits per heavy atom. The van der Waals surface area contributed by atoms with Crippen LogP contribution in [0.15, 0.2) is 47.5 Å². The molecular weight excluding hydrogens is 346 g/mol. The van der Waals surface area contributed by atoms with Crippen LogP contribution in [-0.4, -0.2) is 15.9 Å². The number of aromatic nitrogens is 2. The molecule has 0 fully saturated rings. The lowest BCUT2D eigenvalue weighted by atomic mass is 10.1. The number of nitrogens with zero attached hydrogens (tertiary/aromatic N) is 1. The van der Waals surface area contributed by atoms with Crippen LogP contribution in [0.2, 0.25) is 5.02 Å². The van der Waals surface area contributed by atoms with Gasteiger partial charge in [-0.15, -0.1) is 11.3 Å². The van der Waals surface area contributed by atoms with Crippen LogP contribution in [0.3, 0.4) is 0 Å². The first-order chi connectivity index (χ1) is 11.5. The maximum absolute atomic E-state index is 12.1. The summed E-state index contributed by atoms with van der Waals surface area (Å²) in [5.74, 6) is -0.319. The molecule has 2 N–H and O–H groups in total. The van der Waals surface area contributed by atoms with Crippen molar-refractivity contribution in [2.75, 3.05) is 5.32 Å². The zero-order chi connectivity index (χ0) is 17.1. The van der Waals surface area contributed by atoms with Gasteiger partial charge in [-0.25, -0.2) is 4.98 Å². The Bertz CT molecular complexity index is 929. The number of carbonyl (C=O) groups is 1. The second-order valence-corrected chi connectivity index (χ2v) is 6.75. The van der Waals surface area contributed by atoms with Gasteiger partial charge in [-0.05, 0) is 24.1 Å². The number of aromatic amines is 1. The lowest BCUT2D eigenvalue weighted by Crippen LogP contribution is -2.14. The fourth-order valence-electron chi connectivity index (χ4n) is 2.20. The molecule has 1 amide bonds. The molecule has 7 heteroatoms. The van der Waals surface area contributed by atoms with E-state index < -0.39 is 0 Å². The summed E-state index contributed by atoms with van der Waals surface area (Å²) in [6.45, 7) is 1.97. The van der Waals surface area contributed by atoms with E-state index in [0.717, 1.165) is 21.0 Å². The predicted molar refractivity (Wildman–Crippen MR) is 96.1 cm³/mol. The maximum atomic E-state index is 12.1. The van der Waals surface area contributed by atoms with Crippen molar-refractivity contribution in [3.05, 3.63) is 79.7 Å². The smallest absolute Gasteiger partial charge is 0.258 e. The fourth-order valence-corrected chi connectivity index (χ4v) is 3.22. The molecule has 24 heavy (non-hydrogen) atoms. The van der Waals surface area contributed by atoms with Crippen LogP contribution in [0.5, 0.6) is 0 Å². The number of carbonyl (C=O) groups excluding carboxylic acids is 1. The van der Waals surface area contributed by atoms with Crippen LogP contribution >= 0.6 is 22.9 Å². The first-order valence-electron chi connectivity index (χ1n) is 7.22. The molecular formula is C17H14ClN3O2S. The molecule has 0 saturated heterocycles. The van der Waals surface area contributed by atoms with E-state index in [2.05, 4.69) is 15.3 Å². The summed E-state index contributed by atoms with van der Waals surface area (Å²) < 4.78 is 0. The minimum atomic E-state index is -0.319. The highest BCUT2D eigenvalue weighted by Gasteiger charge is 2.11. The lowest BCUT2D eigenvalue weighted by Gasteiger charge is -2.04. The quantitative estimate of drug-likeness (QED) is 0.746. The average Bonchev–Trinajstić information content (AvgIpc) is 2.99. The second-order valence-electron chi connectivity index (χ2n) is 5.25. The Kier molecular flexibility index (Phi) is 4.78. The zero-order valence-corrected chi connectivity index (χ0v) is 14.4. The number of anilines is 1. The molecule has 0 unspecified atom stereocenters. The number of aryl methyl sites for hydroxylation is 1. The van der Waals surface area contributed by atoms with Gasteiger partial charge in [0.25, 0.3) is 5.91 Å². The normalized spacial score (nSPS) is 10.6. The topological polar surface area (TPSA) is 74.8 Å². The zero-order valence-electron chi connectivity index (χ0n) is 12.8. The molecule has 122 valence electrons. The number of H-pyrrole nitrogens is 1. The van der Waals surface area contributed by atoms with Gasteiger partial charge in [0, 0.05) is 34.8 Å². The van der Waals surface area contributed by atoms with E-state index in [0.29, 0.717) is 17.1 Å². The number of hydrogen-bond donors (Lipinski definition) is 2. The minimum absolute atomic E-state index is 0.252. The van der Waals surface area contributed by atoms with E-state index >= 15 is 0 Å². The summed E-state index contributed by atoms with van der Waals surface area (Å²) in [5, 5.41) is 3.98. The van der Waals surface area contributed by atoms with Crippen molar-refractivity contribution >= 4 is 34.0 Å². The molecule has 0 radical (unpaired) electrons. The Hall–Kier alpha value is -2.44. The Balaban J connectivity index is 1.71. The molecule has 0 saturated carbocycles. The summed E-state index contributed by atoms with van der Waals surface area (Å²) in [6, 6.07) is 8.69. The molecule has 0 aliphatic rings. The van der Waals surface area contributed by atoms with Gasteiger partial charge in [0.05, 0.1) is 5.56 Å². The monoisotopic (exact) mass is 359 g/mol. The Labute approximate surface area is 147 Å². The number of halogens is 1. The van der Waals surface area contributed by atoms with Gasteiger partial charge >= 0.3 is 0 Å². The van der Waals surface area contributed by atoms with Gasteiger partial charge in [0.1, 0.15) is 0 Å². The summed E-state index contributed by atoms with van der Waals surface area (Å²) in [5.41, 5.74) is 2.18. The molecule has 3 aromatic rings. The number of benzene rings is 1. The SMILES string of the molecule is Cc1cccc(Cc2cnc(NC(=O)c3ccc(=O)[nH]c3)s2)c1Cl. The molecule has 2 heterocycles. The first kappa shape index (κ1) is 16.4. The van der Waals surface area contributed by atoms with Crippen LogP contribution in [0.4, 0.5) is 5.13 Å². The minimum Gasteiger partial charge on any atom is -0.328 e. The van der Waals surface area contributed by atoms with Gasteiger partial charge in [-0.1, -0.05) is 29.8 Å². The molecule has 0 aliphatic carbocycles. The molecule has 0 atom stereocenters. The number of nitrogens with one attached hydrogen (secondary N) is 2. The second kappa shape index (κ2) is 6.98. The van der Waals surface area contributed by atoms with Crippen molar-refractivity contribution in [2.45, 2.75) is 13.3 Å². The number of hydrogen-bond acceptors (Lipinski definition) is 4. The standard InChI is InChI=1S/C17H14ClN3O2S/c1-10-3-2-4-11(15(10)18)7-13-9-20-17(24-13)21-16(23)12-5-6-14(22)19-8-12/h2-6,8-9H,7H2,1H3,(H,19,22)(H,20,21,23). The maximum Gasteiger partial charge on any atom is 0.258 e. The largest absolute Gasteiger partial charge is 0.328 e. The predicted octanol–water partition coefficient (Wildman–Crippen LogP) is 3.64. The Morgan fingerprint density at radius 2 is 2.17 bits per heavy atom. The van der Waals surface area contributed by atoms with E-state index in [1.807, 2.05) is 25.1 Å². The molecule has 5 nitrogen and oxygen atoms in total. The molecule has 2 aromatic heterocycles. The highest BCUT2D eigenvalue weighted by Crippen LogP contribution is 2.26. The molecule has 0 aliphatic heterocycles. The van der Waals surface area contributed by atoms with Crippen molar-refractivity contribution in [3.63, 3.8) is 0 Å². The van der Waals surface area contributed by atoms with Crippen molar-refractivity contribution in [3.8, 4) is 0 Å². The van der Waals surface area contributed by atoms with E-state index in [9.17, 15) is 9.59 Å². The van der Waals surface area contributed by atoms with E-state index in [1.54, 1.807) is 6.20 Å². The molecule has 0 spiro atoms. The van der Waals surface area contributed by atoms with Crippen molar-refractivity contribution in [2.24, 2.45) is 0 Å². The summed E-state index contributed by atoms with van der Waals surface area (Å²) >= 11 is 7.71. The fraction of sp³-hybridized carbons (Fsp3) is 0.118. The third kappa shape index (κ3) is 3.72. The Morgan fingerprint density at radius 1 is 1.33 bits per heavy atom. The number of pyridine rings is 1. The highest BCUT2D eigenvalue weighted by molar-refractivity contribution is 7.15. The van der Waals surface area contributed by atoms with E-state index in [-0.39, 0.29) is 11.5 Å². The lowest BCUT2D eigenvalue weighted by molar-refractivity contribution is 0.102. The van der Waals surface area contributed by atoms with Crippen LogP contribution in [0.1, 0.15) is 26.4 Å². The number of rotatable bonds is 4. The van der Waals surface area contributed by atoms with Crippen molar-refractivity contribution < 1.29 is 4.79 Å². The van der Waals surface area contributed by atoms with Crippen molar-refractivity contribution in [1.29, 1.82) is 0 Å². The van der Waals surface area contributed by atoms with Crippen LogP contribution in [0, 0.1) is 6.92 Å².